The topological polar surface area (TPSA) is 47.6 Å². The van der Waals surface area contributed by atoms with Crippen LogP contribution in [0.4, 0.5) is 18.9 Å². The van der Waals surface area contributed by atoms with Crippen LogP contribution in [0.5, 0.6) is 11.5 Å². The molecule has 0 saturated heterocycles. The molecule has 0 fully saturated rings. The van der Waals surface area contributed by atoms with E-state index in [9.17, 15) is 18.0 Å². The number of benzene rings is 3. The van der Waals surface area contributed by atoms with Gasteiger partial charge < -0.3 is 14.8 Å². The number of anilines is 1. The molecule has 9 heteroatoms. The van der Waals surface area contributed by atoms with E-state index in [0.717, 1.165) is 21.3 Å². The van der Waals surface area contributed by atoms with Crippen LogP contribution < -0.4 is 14.8 Å². The molecule has 1 aliphatic rings. The number of alkyl halides is 3. The summed E-state index contributed by atoms with van der Waals surface area (Å²) in [5.41, 5.74) is 1.46. The van der Waals surface area contributed by atoms with Gasteiger partial charge in [-0.2, -0.15) is 13.2 Å². The van der Waals surface area contributed by atoms with E-state index in [-0.39, 0.29) is 17.9 Å². The molecule has 3 aromatic rings. The lowest BCUT2D eigenvalue weighted by Crippen LogP contribution is -2.06. The van der Waals surface area contributed by atoms with Crippen LogP contribution in [-0.4, -0.2) is 12.5 Å². The van der Waals surface area contributed by atoms with Gasteiger partial charge in [0.05, 0.1) is 15.7 Å². The molecule has 0 aromatic heterocycles. The van der Waals surface area contributed by atoms with Crippen molar-refractivity contribution in [3.63, 3.8) is 0 Å². The third kappa shape index (κ3) is 5.17. The standard InChI is InChI=1S/C25H18ClF3INO3/c1-2-33-22-11-14(10-20(30)23(22)34-13-15-5-3-4-6-19(15)26)9-18-17-8-7-16(25(27,28)29)12-21(17)31-24(18)32/h3-12H,2,13H2,1H3,(H,31,32)/b18-9-. The molecule has 0 aliphatic carbocycles. The van der Waals surface area contributed by atoms with E-state index in [1.807, 2.05) is 31.2 Å². The maximum absolute atomic E-state index is 13.0. The Kier molecular flexibility index (Phi) is 7.09. The number of amides is 1. The Morgan fingerprint density at radius 3 is 2.56 bits per heavy atom. The molecule has 0 bridgehead atoms. The number of nitrogens with one attached hydrogen (secondary N) is 1. The number of carbonyl (C=O) groups excluding carboxylic acids is 1. The minimum Gasteiger partial charge on any atom is -0.490 e. The van der Waals surface area contributed by atoms with Gasteiger partial charge in [-0.3, -0.25) is 4.79 Å². The van der Waals surface area contributed by atoms with Crippen LogP contribution in [0.15, 0.2) is 54.6 Å². The first-order chi connectivity index (χ1) is 16.2. The molecule has 0 unspecified atom stereocenters. The van der Waals surface area contributed by atoms with Gasteiger partial charge in [-0.15, -0.1) is 0 Å². The fourth-order valence-corrected chi connectivity index (χ4v) is 4.49. The molecule has 4 nitrogen and oxygen atoms in total. The lowest BCUT2D eigenvalue weighted by Gasteiger charge is -2.15. The van der Waals surface area contributed by atoms with Gasteiger partial charge in [0.25, 0.3) is 5.91 Å². The largest absolute Gasteiger partial charge is 0.490 e. The molecule has 0 spiro atoms. The number of ether oxygens (including phenoxy) is 2. The van der Waals surface area contributed by atoms with Crippen LogP contribution in [0.25, 0.3) is 11.6 Å². The maximum Gasteiger partial charge on any atom is 0.416 e. The van der Waals surface area contributed by atoms with Gasteiger partial charge in [0, 0.05) is 27.4 Å². The van der Waals surface area contributed by atoms with Gasteiger partial charge in [0.15, 0.2) is 11.5 Å². The predicted octanol–water partition coefficient (Wildman–Crippen LogP) is 7.43. The molecule has 1 heterocycles. The first-order valence-electron chi connectivity index (χ1n) is 10.2. The zero-order valence-electron chi connectivity index (χ0n) is 17.8. The van der Waals surface area contributed by atoms with Crippen molar-refractivity contribution >= 4 is 57.4 Å². The second kappa shape index (κ2) is 9.87. The smallest absolute Gasteiger partial charge is 0.416 e. The molecular weight excluding hydrogens is 582 g/mol. The third-order valence-corrected chi connectivity index (χ3v) is 6.27. The number of rotatable bonds is 6. The van der Waals surface area contributed by atoms with E-state index >= 15 is 0 Å². The summed E-state index contributed by atoms with van der Waals surface area (Å²) in [6.07, 6.45) is -2.87. The molecule has 4 rings (SSSR count). The summed E-state index contributed by atoms with van der Waals surface area (Å²) in [6.45, 7) is 2.48. The van der Waals surface area contributed by atoms with Crippen LogP contribution in [0.2, 0.25) is 5.02 Å². The van der Waals surface area contributed by atoms with Gasteiger partial charge in [0.2, 0.25) is 0 Å². The minimum absolute atomic E-state index is 0.130. The lowest BCUT2D eigenvalue weighted by molar-refractivity contribution is -0.137. The molecule has 176 valence electrons. The quantitative estimate of drug-likeness (QED) is 0.237. The van der Waals surface area contributed by atoms with Crippen LogP contribution >= 0.6 is 34.2 Å². The summed E-state index contributed by atoms with van der Waals surface area (Å²) in [7, 11) is 0. The summed E-state index contributed by atoms with van der Waals surface area (Å²) in [4.78, 5) is 12.5. The zero-order chi connectivity index (χ0) is 24.5. The average molecular weight is 600 g/mol. The molecule has 0 atom stereocenters. The summed E-state index contributed by atoms with van der Waals surface area (Å²) in [5.74, 6) is 0.552. The van der Waals surface area contributed by atoms with E-state index in [2.05, 4.69) is 27.9 Å². The van der Waals surface area contributed by atoms with Crippen molar-refractivity contribution in [3.05, 3.63) is 85.4 Å². The van der Waals surface area contributed by atoms with Crippen molar-refractivity contribution in [3.8, 4) is 11.5 Å². The first kappa shape index (κ1) is 24.4. The Bertz CT molecular complexity index is 1290. The molecule has 3 aromatic carbocycles. The summed E-state index contributed by atoms with van der Waals surface area (Å²) < 4.78 is 51.6. The Hall–Kier alpha value is -2.72. The van der Waals surface area contributed by atoms with Crippen molar-refractivity contribution in [1.82, 2.24) is 0 Å². The monoisotopic (exact) mass is 599 g/mol. The molecule has 1 N–H and O–H groups in total. The second-order valence-corrected chi connectivity index (χ2v) is 8.98. The lowest BCUT2D eigenvalue weighted by atomic mass is 10.0. The normalized spacial score (nSPS) is 14.2. The number of hydrogen-bond donors (Lipinski definition) is 1. The van der Waals surface area contributed by atoms with Crippen molar-refractivity contribution in [2.75, 3.05) is 11.9 Å². The van der Waals surface area contributed by atoms with E-state index in [1.54, 1.807) is 18.2 Å². The van der Waals surface area contributed by atoms with E-state index < -0.39 is 17.6 Å². The first-order valence-corrected chi connectivity index (χ1v) is 11.7. The summed E-state index contributed by atoms with van der Waals surface area (Å²) in [5, 5.41) is 3.11. The van der Waals surface area contributed by atoms with Crippen LogP contribution in [0.1, 0.15) is 29.2 Å². The number of hydrogen-bond acceptors (Lipinski definition) is 3. The summed E-state index contributed by atoms with van der Waals surface area (Å²) in [6, 6.07) is 14.1. The van der Waals surface area contributed by atoms with Crippen molar-refractivity contribution in [2.24, 2.45) is 0 Å². The van der Waals surface area contributed by atoms with E-state index in [4.69, 9.17) is 21.1 Å². The average Bonchev–Trinajstić information content (AvgIpc) is 3.08. The van der Waals surface area contributed by atoms with Crippen molar-refractivity contribution < 1.29 is 27.4 Å². The summed E-state index contributed by atoms with van der Waals surface area (Å²) >= 11 is 8.33. The Labute approximate surface area is 212 Å². The molecular formula is C25H18ClF3INO3. The SMILES string of the molecule is CCOc1cc(/C=C2\C(=O)Nc3cc(C(F)(F)F)ccc32)cc(I)c1OCc1ccccc1Cl. The van der Waals surface area contributed by atoms with Crippen LogP contribution in [-0.2, 0) is 17.6 Å². The second-order valence-electron chi connectivity index (χ2n) is 7.41. The zero-order valence-corrected chi connectivity index (χ0v) is 20.7. The Balaban J connectivity index is 1.67. The van der Waals surface area contributed by atoms with Crippen LogP contribution in [0, 0.1) is 3.57 Å². The number of halogens is 5. The van der Waals surface area contributed by atoms with Gasteiger partial charge in [-0.1, -0.05) is 35.9 Å². The molecule has 0 saturated carbocycles. The predicted molar refractivity (Wildman–Crippen MR) is 134 cm³/mol. The van der Waals surface area contributed by atoms with E-state index in [0.29, 0.717) is 34.3 Å². The molecule has 0 radical (unpaired) electrons. The van der Waals surface area contributed by atoms with Gasteiger partial charge in [-0.05, 0) is 71.5 Å². The minimum atomic E-state index is -4.49. The maximum atomic E-state index is 13.0. The van der Waals surface area contributed by atoms with Crippen LogP contribution in [0.3, 0.4) is 0 Å². The van der Waals surface area contributed by atoms with Gasteiger partial charge in [-0.25, -0.2) is 0 Å². The highest BCUT2D eigenvalue weighted by atomic mass is 127. The number of fused-ring (bicyclic) bond motifs is 1. The van der Waals surface area contributed by atoms with Crippen molar-refractivity contribution in [1.29, 1.82) is 0 Å². The molecule has 34 heavy (non-hydrogen) atoms. The highest BCUT2D eigenvalue weighted by molar-refractivity contribution is 14.1. The van der Waals surface area contributed by atoms with Gasteiger partial charge >= 0.3 is 6.18 Å². The molecule has 1 aliphatic heterocycles. The fourth-order valence-electron chi connectivity index (χ4n) is 3.52. The van der Waals surface area contributed by atoms with Crippen molar-refractivity contribution in [2.45, 2.75) is 19.7 Å². The highest BCUT2D eigenvalue weighted by Gasteiger charge is 2.33. The van der Waals surface area contributed by atoms with E-state index in [1.165, 1.54) is 6.07 Å². The number of carbonyl (C=O) groups is 1. The fraction of sp³-hybridized carbons (Fsp3) is 0.160. The Morgan fingerprint density at radius 1 is 1.09 bits per heavy atom. The molecule has 1 amide bonds. The Morgan fingerprint density at radius 2 is 1.85 bits per heavy atom. The third-order valence-electron chi connectivity index (χ3n) is 5.10. The van der Waals surface area contributed by atoms with Gasteiger partial charge in [0.1, 0.15) is 6.61 Å². The highest BCUT2D eigenvalue weighted by Crippen LogP contribution is 2.40.